The number of nitrogens with one attached hydrogen (secondary N) is 1. The lowest BCUT2D eigenvalue weighted by molar-refractivity contribution is -0.124. The first kappa shape index (κ1) is 13.1. The summed E-state index contributed by atoms with van der Waals surface area (Å²) in [6.45, 7) is 5.25. The van der Waals surface area contributed by atoms with Crippen molar-refractivity contribution in [3.8, 4) is 0 Å². The third kappa shape index (κ3) is 3.87. The SMILES string of the molecule is COC(=O)N(S)C(C)C(=O)NC(C)C. The van der Waals surface area contributed by atoms with Crippen LogP contribution >= 0.6 is 12.8 Å². The van der Waals surface area contributed by atoms with Gasteiger partial charge in [0.1, 0.15) is 6.04 Å². The average molecular weight is 220 g/mol. The molecule has 82 valence electrons. The van der Waals surface area contributed by atoms with Crippen LogP contribution in [0.15, 0.2) is 0 Å². The molecule has 2 amide bonds. The molecule has 0 saturated heterocycles. The van der Waals surface area contributed by atoms with Crippen LogP contribution in [-0.2, 0) is 9.53 Å². The number of thiol groups is 1. The summed E-state index contributed by atoms with van der Waals surface area (Å²) < 4.78 is 5.36. The fraction of sp³-hybridized carbons (Fsp3) is 0.750. The highest BCUT2D eigenvalue weighted by atomic mass is 32.1. The number of hydrogen-bond acceptors (Lipinski definition) is 4. The highest BCUT2D eigenvalue weighted by molar-refractivity contribution is 7.78. The fourth-order valence-electron chi connectivity index (χ4n) is 0.768. The predicted octanol–water partition coefficient (Wildman–Crippen LogP) is 0.813. The van der Waals surface area contributed by atoms with Gasteiger partial charge in [0.05, 0.1) is 7.11 Å². The van der Waals surface area contributed by atoms with Gasteiger partial charge in [0, 0.05) is 6.04 Å². The number of ether oxygens (including phenoxy) is 1. The summed E-state index contributed by atoms with van der Waals surface area (Å²) in [4.78, 5) is 22.4. The summed E-state index contributed by atoms with van der Waals surface area (Å²) >= 11 is 3.86. The van der Waals surface area contributed by atoms with Crippen LogP contribution < -0.4 is 5.32 Å². The number of amides is 2. The van der Waals surface area contributed by atoms with Gasteiger partial charge >= 0.3 is 6.09 Å². The third-order valence-electron chi connectivity index (χ3n) is 1.54. The van der Waals surface area contributed by atoms with Crippen LogP contribution in [0.4, 0.5) is 4.79 Å². The second-order valence-electron chi connectivity index (χ2n) is 3.15. The molecule has 0 rings (SSSR count). The summed E-state index contributed by atoms with van der Waals surface area (Å²) in [6.07, 6.45) is -0.653. The van der Waals surface area contributed by atoms with Crippen molar-refractivity contribution in [2.24, 2.45) is 0 Å². The zero-order valence-corrected chi connectivity index (χ0v) is 9.67. The van der Waals surface area contributed by atoms with E-state index < -0.39 is 12.1 Å². The smallest absolute Gasteiger partial charge is 0.420 e. The Hall–Kier alpha value is -0.910. The quantitative estimate of drug-likeness (QED) is 0.692. The Morgan fingerprint density at radius 1 is 1.36 bits per heavy atom. The maximum atomic E-state index is 11.4. The van der Waals surface area contributed by atoms with Gasteiger partial charge in [0.25, 0.3) is 0 Å². The monoisotopic (exact) mass is 220 g/mol. The molecule has 0 aliphatic carbocycles. The van der Waals surface area contributed by atoms with Crippen LogP contribution in [-0.4, -0.2) is 35.5 Å². The Bertz CT molecular complexity index is 221. The molecule has 0 aliphatic heterocycles. The van der Waals surface area contributed by atoms with Gasteiger partial charge < -0.3 is 10.1 Å². The standard InChI is InChI=1S/C8H16N2O3S/c1-5(2)9-7(11)6(3)10(14)8(12)13-4/h5-6,14H,1-4H3,(H,9,11). The van der Waals surface area contributed by atoms with E-state index in [-0.39, 0.29) is 11.9 Å². The summed E-state index contributed by atoms with van der Waals surface area (Å²) in [5.41, 5.74) is 0. The number of nitrogens with zero attached hydrogens (tertiary/aromatic N) is 1. The Morgan fingerprint density at radius 2 is 1.86 bits per heavy atom. The zero-order chi connectivity index (χ0) is 11.3. The lowest BCUT2D eigenvalue weighted by Gasteiger charge is -2.22. The van der Waals surface area contributed by atoms with Crippen molar-refractivity contribution >= 4 is 24.8 Å². The van der Waals surface area contributed by atoms with E-state index >= 15 is 0 Å². The predicted molar refractivity (Wildman–Crippen MR) is 56.0 cm³/mol. The molecule has 5 nitrogen and oxygen atoms in total. The van der Waals surface area contributed by atoms with Crippen molar-refractivity contribution in [2.75, 3.05) is 7.11 Å². The molecule has 0 aliphatic rings. The van der Waals surface area contributed by atoms with E-state index in [0.717, 1.165) is 4.31 Å². The van der Waals surface area contributed by atoms with Gasteiger partial charge in [-0.05, 0) is 20.8 Å². The summed E-state index contributed by atoms with van der Waals surface area (Å²) in [5.74, 6) is -0.264. The average Bonchev–Trinajstić information content (AvgIpc) is 2.13. The van der Waals surface area contributed by atoms with Gasteiger partial charge in [-0.3, -0.25) is 4.79 Å². The molecule has 0 spiro atoms. The lowest BCUT2D eigenvalue weighted by atomic mass is 10.3. The number of rotatable bonds is 3. The van der Waals surface area contributed by atoms with Crippen LogP contribution in [0.5, 0.6) is 0 Å². The van der Waals surface area contributed by atoms with E-state index in [2.05, 4.69) is 22.9 Å². The van der Waals surface area contributed by atoms with Gasteiger partial charge in [-0.1, -0.05) is 12.8 Å². The molecule has 0 radical (unpaired) electrons. The minimum Gasteiger partial charge on any atom is -0.452 e. The Balaban J connectivity index is 4.24. The van der Waals surface area contributed by atoms with Crippen LogP contribution in [0.2, 0.25) is 0 Å². The molecule has 0 fully saturated rings. The topological polar surface area (TPSA) is 58.6 Å². The van der Waals surface area contributed by atoms with Crippen molar-refractivity contribution in [3.63, 3.8) is 0 Å². The number of hydrogen-bond donors (Lipinski definition) is 2. The molecule has 0 aromatic rings. The minimum atomic E-state index is -0.659. The number of methoxy groups -OCH3 is 1. The van der Waals surface area contributed by atoms with E-state index in [1.54, 1.807) is 6.92 Å². The number of carbonyl (C=O) groups is 2. The molecule has 1 atom stereocenters. The van der Waals surface area contributed by atoms with E-state index in [9.17, 15) is 9.59 Å². The molecule has 6 heteroatoms. The molecule has 1 N–H and O–H groups in total. The van der Waals surface area contributed by atoms with E-state index in [1.807, 2.05) is 13.8 Å². The first-order valence-electron chi connectivity index (χ1n) is 4.26. The minimum absolute atomic E-state index is 0.0318. The van der Waals surface area contributed by atoms with Gasteiger partial charge in [-0.15, -0.1) is 0 Å². The van der Waals surface area contributed by atoms with E-state index in [1.165, 1.54) is 7.11 Å². The van der Waals surface area contributed by atoms with E-state index in [0.29, 0.717) is 0 Å². The van der Waals surface area contributed by atoms with Crippen molar-refractivity contribution < 1.29 is 14.3 Å². The van der Waals surface area contributed by atoms with Gasteiger partial charge in [-0.25, -0.2) is 9.10 Å². The Kier molecular flexibility index (Phi) is 5.37. The highest BCUT2D eigenvalue weighted by Gasteiger charge is 2.24. The molecule has 0 heterocycles. The second-order valence-corrected chi connectivity index (χ2v) is 3.58. The first-order valence-corrected chi connectivity index (χ1v) is 4.66. The summed E-state index contributed by atoms with van der Waals surface area (Å²) in [7, 11) is 1.23. The normalized spacial score (nSPS) is 12.1. The molecular weight excluding hydrogens is 204 g/mol. The van der Waals surface area contributed by atoms with E-state index in [4.69, 9.17) is 0 Å². The maximum Gasteiger partial charge on any atom is 0.420 e. The molecule has 0 aromatic carbocycles. The zero-order valence-electron chi connectivity index (χ0n) is 8.77. The summed E-state index contributed by atoms with van der Waals surface area (Å²) in [6, 6.07) is -0.627. The van der Waals surface area contributed by atoms with Crippen molar-refractivity contribution in [1.82, 2.24) is 9.62 Å². The Labute approximate surface area is 89.3 Å². The summed E-state index contributed by atoms with van der Waals surface area (Å²) in [5, 5.41) is 2.67. The van der Waals surface area contributed by atoms with Crippen LogP contribution in [0.25, 0.3) is 0 Å². The van der Waals surface area contributed by atoms with Crippen LogP contribution in [0.3, 0.4) is 0 Å². The maximum absolute atomic E-state index is 11.4. The van der Waals surface area contributed by atoms with Crippen molar-refractivity contribution in [2.45, 2.75) is 32.9 Å². The molecule has 0 aromatic heterocycles. The molecule has 0 bridgehead atoms. The highest BCUT2D eigenvalue weighted by Crippen LogP contribution is 2.05. The fourth-order valence-corrected chi connectivity index (χ4v) is 0.954. The first-order chi connectivity index (χ1) is 6.40. The van der Waals surface area contributed by atoms with Gasteiger partial charge in [0.2, 0.25) is 5.91 Å². The van der Waals surface area contributed by atoms with Crippen molar-refractivity contribution in [3.05, 3.63) is 0 Å². The molecule has 14 heavy (non-hydrogen) atoms. The second kappa shape index (κ2) is 5.74. The van der Waals surface area contributed by atoms with Crippen LogP contribution in [0, 0.1) is 0 Å². The lowest BCUT2D eigenvalue weighted by Crippen LogP contribution is -2.45. The Morgan fingerprint density at radius 3 is 2.21 bits per heavy atom. The van der Waals surface area contributed by atoms with Crippen molar-refractivity contribution in [1.29, 1.82) is 0 Å². The van der Waals surface area contributed by atoms with Gasteiger partial charge in [-0.2, -0.15) is 0 Å². The molecule has 1 unspecified atom stereocenters. The molecule has 0 saturated carbocycles. The number of carbonyl (C=O) groups excluding carboxylic acids is 2. The van der Waals surface area contributed by atoms with Gasteiger partial charge in [0.15, 0.2) is 0 Å². The third-order valence-corrected chi connectivity index (χ3v) is 2.05. The van der Waals surface area contributed by atoms with Crippen LogP contribution in [0.1, 0.15) is 20.8 Å². The largest absolute Gasteiger partial charge is 0.452 e. The molecular formula is C8H16N2O3S.